The predicted octanol–water partition coefficient (Wildman–Crippen LogP) is 5.78. The Hall–Kier alpha value is -1.26. The normalized spacial score (nSPS) is 15.9. The van der Waals surface area contributed by atoms with E-state index in [2.05, 4.69) is 0 Å². The molecular formula is C8H2F18. The van der Waals surface area contributed by atoms with Gasteiger partial charge in [-0.2, -0.15) is 65.9 Å². The van der Waals surface area contributed by atoms with Crippen LogP contribution in [0.3, 0.4) is 0 Å². The minimum absolute atomic E-state index is 0. The average Bonchev–Trinajstić information content (AvgIpc) is 2.35. The fourth-order valence-corrected chi connectivity index (χ4v) is 1.12. The highest BCUT2D eigenvalue weighted by atomic mass is 19.4. The lowest BCUT2D eigenvalue weighted by Crippen LogP contribution is -2.73. The van der Waals surface area contributed by atoms with Gasteiger partial charge >= 0.3 is 48.1 Å². The Kier molecular flexibility index (Phi) is 6.65. The van der Waals surface area contributed by atoms with Gasteiger partial charge in [-0.25, -0.2) is 8.78 Å². The Morgan fingerprint density at radius 1 is 0.385 bits per heavy atom. The van der Waals surface area contributed by atoms with E-state index in [1.165, 1.54) is 0 Å². The Morgan fingerprint density at radius 2 is 0.615 bits per heavy atom. The Labute approximate surface area is 129 Å². The zero-order chi connectivity index (χ0) is 21.1. The molecule has 0 aliphatic heterocycles. The van der Waals surface area contributed by atoms with Crippen molar-refractivity contribution in [2.75, 3.05) is 0 Å². The standard InChI is InChI=1S/C8HF17.FH/c9-1(10)2(11,12)3(13,14)4(15,16)5(17,18)6(19,20)7(21,22)8(23,24)25;/h1H;1H. The van der Waals surface area contributed by atoms with Crippen LogP contribution in [0.4, 0.5) is 79.3 Å². The zero-order valence-corrected chi connectivity index (χ0v) is 10.9. The van der Waals surface area contributed by atoms with Crippen LogP contribution >= 0.6 is 0 Å². The SMILES string of the molecule is F.FC(F)C(F)(F)C(F)(F)C(F)(F)C(F)(F)C(F)(F)C(F)(F)C(F)(F)F. The van der Waals surface area contributed by atoms with Crippen LogP contribution in [0.25, 0.3) is 0 Å². The predicted molar refractivity (Wildman–Crippen MR) is 44.2 cm³/mol. The van der Waals surface area contributed by atoms with E-state index in [9.17, 15) is 74.6 Å². The van der Waals surface area contributed by atoms with Crippen LogP contribution < -0.4 is 0 Å². The van der Waals surface area contributed by atoms with Crippen molar-refractivity contribution in [3.8, 4) is 0 Å². The van der Waals surface area contributed by atoms with Crippen molar-refractivity contribution >= 4 is 0 Å². The quantitative estimate of drug-likeness (QED) is 0.460. The van der Waals surface area contributed by atoms with Crippen LogP contribution in [0.15, 0.2) is 0 Å². The number of halogens is 18. The summed E-state index contributed by atoms with van der Waals surface area (Å²) in [5.74, 6) is -49.2. The Bertz CT molecular complexity index is 482. The molecule has 18 heteroatoms. The summed E-state index contributed by atoms with van der Waals surface area (Å²) in [5.41, 5.74) is 0. The molecule has 160 valence electrons. The second-order valence-electron chi connectivity index (χ2n) is 4.29. The van der Waals surface area contributed by atoms with Crippen molar-refractivity contribution < 1.29 is 79.3 Å². The molecule has 0 amide bonds. The van der Waals surface area contributed by atoms with Crippen molar-refractivity contribution in [1.29, 1.82) is 0 Å². The van der Waals surface area contributed by atoms with Gasteiger partial charge in [0.05, 0.1) is 0 Å². The minimum Gasteiger partial charge on any atom is -0.269 e. The monoisotopic (exact) mass is 440 g/mol. The van der Waals surface area contributed by atoms with Crippen molar-refractivity contribution in [2.24, 2.45) is 0 Å². The first-order valence-corrected chi connectivity index (χ1v) is 5.06. The number of hydrogen-bond donors (Lipinski definition) is 0. The van der Waals surface area contributed by atoms with Crippen molar-refractivity contribution in [3.63, 3.8) is 0 Å². The second kappa shape index (κ2) is 6.42. The van der Waals surface area contributed by atoms with Crippen LogP contribution in [-0.4, -0.2) is 48.1 Å². The fraction of sp³-hybridized carbons (Fsp3) is 1.00. The molecule has 0 heterocycles. The topological polar surface area (TPSA) is 0 Å². The maximum atomic E-state index is 12.8. The van der Waals surface area contributed by atoms with E-state index in [-0.39, 0.29) is 4.70 Å². The maximum absolute atomic E-state index is 12.8. The summed E-state index contributed by atoms with van der Waals surface area (Å²) in [5, 5.41) is 0. The first kappa shape index (κ1) is 27.0. The molecule has 0 aromatic carbocycles. The first-order chi connectivity index (χ1) is 10.4. The Balaban J connectivity index is 0. The minimum atomic E-state index is -8.54. The third-order valence-electron chi connectivity index (χ3n) is 2.63. The van der Waals surface area contributed by atoms with Gasteiger partial charge in [-0.05, 0) is 0 Å². The molecule has 0 aromatic rings. The summed E-state index contributed by atoms with van der Waals surface area (Å²) < 4.78 is 209. The Morgan fingerprint density at radius 3 is 0.846 bits per heavy atom. The fourth-order valence-electron chi connectivity index (χ4n) is 1.12. The average molecular weight is 440 g/mol. The van der Waals surface area contributed by atoms with Gasteiger partial charge in [0.2, 0.25) is 0 Å². The molecular weight excluding hydrogens is 438 g/mol. The molecule has 0 radical (unpaired) electrons. The summed E-state index contributed by atoms with van der Waals surface area (Å²) in [6.07, 6.45) is -13.6. The third kappa shape index (κ3) is 3.11. The highest BCUT2D eigenvalue weighted by Crippen LogP contribution is 2.62. The van der Waals surface area contributed by atoms with Crippen LogP contribution in [-0.2, 0) is 0 Å². The van der Waals surface area contributed by atoms with E-state index in [0.29, 0.717) is 0 Å². The summed E-state index contributed by atoms with van der Waals surface area (Å²) >= 11 is 0. The van der Waals surface area contributed by atoms with Gasteiger partial charge in [0.15, 0.2) is 0 Å². The van der Waals surface area contributed by atoms with Crippen molar-refractivity contribution in [3.05, 3.63) is 0 Å². The molecule has 0 saturated carbocycles. The molecule has 0 aliphatic rings. The molecule has 0 nitrogen and oxygen atoms in total. The summed E-state index contributed by atoms with van der Waals surface area (Å²) in [6, 6.07) is 0. The number of hydrogen-bond acceptors (Lipinski definition) is 0. The zero-order valence-electron chi connectivity index (χ0n) is 10.9. The van der Waals surface area contributed by atoms with Gasteiger partial charge in [-0.15, -0.1) is 0 Å². The molecule has 26 heavy (non-hydrogen) atoms. The summed E-state index contributed by atoms with van der Waals surface area (Å²) in [4.78, 5) is 0. The van der Waals surface area contributed by atoms with Gasteiger partial charge in [-0.1, -0.05) is 0 Å². The van der Waals surface area contributed by atoms with E-state index < -0.39 is 48.1 Å². The molecule has 0 N–H and O–H groups in total. The van der Waals surface area contributed by atoms with Gasteiger partial charge in [0.25, 0.3) is 0 Å². The van der Waals surface area contributed by atoms with Crippen LogP contribution in [0, 0.1) is 0 Å². The molecule has 0 bridgehead atoms. The lowest BCUT2D eigenvalue weighted by Gasteiger charge is -2.41. The van der Waals surface area contributed by atoms with Crippen LogP contribution in [0.2, 0.25) is 0 Å². The van der Waals surface area contributed by atoms with Crippen molar-refractivity contribution in [2.45, 2.75) is 48.1 Å². The lowest BCUT2D eigenvalue weighted by atomic mass is 9.91. The molecule has 0 fully saturated rings. The highest BCUT2D eigenvalue weighted by molar-refractivity contribution is 5.13. The number of rotatable bonds is 6. The third-order valence-corrected chi connectivity index (χ3v) is 2.63. The molecule has 0 spiro atoms. The van der Waals surface area contributed by atoms with Gasteiger partial charge in [0.1, 0.15) is 0 Å². The van der Waals surface area contributed by atoms with E-state index >= 15 is 0 Å². The largest absolute Gasteiger partial charge is 0.460 e. The van der Waals surface area contributed by atoms with Gasteiger partial charge < -0.3 is 0 Å². The van der Waals surface area contributed by atoms with Gasteiger partial charge in [-0.3, -0.25) is 4.70 Å². The van der Waals surface area contributed by atoms with Gasteiger partial charge in [0, 0.05) is 0 Å². The molecule has 0 atom stereocenters. The van der Waals surface area contributed by atoms with E-state index in [0.717, 1.165) is 0 Å². The second-order valence-corrected chi connectivity index (χ2v) is 4.29. The van der Waals surface area contributed by atoms with Crippen LogP contribution in [0.1, 0.15) is 0 Å². The molecule has 0 unspecified atom stereocenters. The van der Waals surface area contributed by atoms with Crippen LogP contribution in [0.5, 0.6) is 0 Å². The number of alkyl halides is 17. The summed E-state index contributed by atoms with van der Waals surface area (Å²) in [6.45, 7) is 0. The lowest BCUT2D eigenvalue weighted by molar-refractivity contribution is -0.456. The maximum Gasteiger partial charge on any atom is 0.460 e. The van der Waals surface area contributed by atoms with E-state index in [1.54, 1.807) is 0 Å². The first-order valence-electron chi connectivity index (χ1n) is 5.06. The molecule has 0 aliphatic carbocycles. The summed E-state index contributed by atoms with van der Waals surface area (Å²) in [7, 11) is 0. The van der Waals surface area contributed by atoms with Crippen molar-refractivity contribution in [1.82, 2.24) is 0 Å². The van der Waals surface area contributed by atoms with E-state index in [1.807, 2.05) is 0 Å². The van der Waals surface area contributed by atoms with E-state index in [4.69, 9.17) is 0 Å². The molecule has 0 rings (SSSR count). The molecule has 0 aromatic heterocycles. The highest BCUT2D eigenvalue weighted by Gasteiger charge is 2.94. The molecule has 0 saturated heterocycles. The smallest absolute Gasteiger partial charge is 0.269 e.